The minimum atomic E-state index is 0.482. The van der Waals surface area contributed by atoms with E-state index in [0.29, 0.717) is 69.8 Å². The molecule has 2 rings (SSSR count). The summed E-state index contributed by atoms with van der Waals surface area (Å²) in [5, 5.41) is 9.72. The van der Waals surface area contributed by atoms with Crippen LogP contribution in [0.25, 0.3) is 0 Å². The lowest BCUT2D eigenvalue weighted by Gasteiger charge is -2.26. The second-order valence-corrected chi connectivity index (χ2v) is 11.4. The molecular formula is C28H38Cl4N4O2S2. The van der Waals surface area contributed by atoms with Crippen LogP contribution in [0.2, 0.25) is 20.1 Å². The molecule has 0 saturated heterocycles. The Bertz CT molecular complexity index is 997. The van der Waals surface area contributed by atoms with E-state index in [2.05, 4.69) is 34.3 Å². The summed E-state index contributed by atoms with van der Waals surface area (Å²) in [6.45, 7) is 9.40. The van der Waals surface area contributed by atoms with Gasteiger partial charge in [-0.15, -0.1) is 0 Å². The van der Waals surface area contributed by atoms with Gasteiger partial charge in [-0.1, -0.05) is 73.1 Å². The highest BCUT2D eigenvalue weighted by Gasteiger charge is 2.12. The highest BCUT2D eigenvalue weighted by atomic mass is 35.5. The van der Waals surface area contributed by atoms with Gasteiger partial charge < -0.3 is 29.9 Å². The fourth-order valence-electron chi connectivity index (χ4n) is 3.55. The monoisotopic (exact) mass is 666 g/mol. The van der Waals surface area contributed by atoms with Crippen molar-refractivity contribution >= 4 is 92.4 Å². The Hall–Kier alpha value is -1.10. The van der Waals surface area contributed by atoms with Crippen molar-refractivity contribution in [3.8, 4) is 0 Å². The van der Waals surface area contributed by atoms with Crippen molar-refractivity contribution in [3.05, 3.63) is 56.5 Å². The summed E-state index contributed by atoms with van der Waals surface area (Å²) in [4.78, 5) is 4.21. The molecule has 222 valence electrons. The van der Waals surface area contributed by atoms with Gasteiger partial charge in [-0.25, -0.2) is 0 Å². The molecule has 2 aromatic rings. The molecule has 0 aliphatic heterocycles. The normalized spacial score (nSPS) is 10.8. The molecule has 2 aromatic carbocycles. The molecule has 0 radical (unpaired) electrons. The van der Waals surface area contributed by atoms with Gasteiger partial charge in [-0.05, 0) is 73.7 Å². The van der Waals surface area contributed by atoms with Crippen molar-refractivity contribution in [3.63, 3.8) is 0 Å². The van der Waals surface area contributed by atoms with Gasteiger partial charge in [-0.3, -0.25) is 0 Å². The topological polar surface area (TPSA) is 49.0 Å². The van der Waals surface area contributed by atoms with Gasteiger partial charge in [0.1, 0.15) is 0 Å². The van der Waals surface area contributed by atoms with Gasteiger partial charge in [-0.2, -0.15) is 0 Å². The van der Waals surface area contributed by atoms with E-state index in [-0.39, 0.29) is 0 Å². The molecule has 0 aliphatic rings. The molecule has 0 unspecified atom stereocenters. The lowest BCUT2D eigenvalue weighted by Crippen LogP contribution is -2.38. The van der Waals surface area contributed by atoms with Crippen LogP contribution in [0.4, 0.5) is 11.4 Å². The lowest BCUT2D eigenvalue weighted by atomic mass is 10.3. The van der Waals surface area contributed by atoms with Gasteiger partial charge in [0.2, 0.25) is 0 Å². The van der Waals surface area contributed by atoms with Crippen molar-refractivity contribution < 1.29 is 9.47 Å². The molecule has 0 atom stereocenters. The van der Waals surface area contributed by atoms with Gasteiger partial charge >= 0.3 is 0 Å². The Labute approximate surface area is 269 Å². The number of anilines is 2. The predicted octanol–water partition coefficient (Wildman–Crippen LogP) is 8.63. The van der Waals surface area contributed by atoms with Gasteiger partial charge in [0, 0.05) is 37.6 Å². The minimum Gasteiger partial charge on any atom is -0.377 e. The predicted molar refractivity (Wildman–Crippen MR) is 180 cm³/mol. The zero-order chi connectivity index (χ0) is 29.3. The van der Waals surface area contributed by atoms with Crippen molar-refractivity contribution in [1.29, 1.82) is 0 Å². The third-order valence-electron chi connectivity index (χ3n) is 5.86. The number of hydrogen-bond donors (Lipinski definition) is 2. The average molecular weight is 669 g/mol. The first-order valence-electron chi connectivity index (χ1n) is 13.4. The largest absolute Gasteiger partial charge is 0.377 e. The highest BCUT2D eigenvalue weighted by molar-refractivity contribution is 7.80. The van der Waals surface area contributed by atoms with E-state index in [1.54, 1.807) is 24.3 Å². The molecule has 0 aliphatic carbocycles. The quantitative estimate of drug-likeness (QED) is 0.128. The number of ether oxygens (including phenoxy) is 2. The Morgan fingerprint density at radius 1 is 0.625 bits per heavy atom. The summed E-state index contributed by atoms with van der Waals surface area (Å²) in [6, 6.07) is 10.7. The van der Waals surface area contributed by atoms with Crippen molar-refractivity contribution in [2.45, 2.75) is 39.5 Å². The van der Waals surface area contributed by atoms with Crippen LogP contribution in [0.1, 0.15) is 39.5 Å². The Kier molecular flexibility index (Phi) is 17.5. The van der Waals surface area contributed by atoms with Crippen LogP contribution in [0.5, 0.6) is 0 Å². The van der Waals surface area contributed by atoms with Crippen LogP contribution in [0.15, 0.2) is 36.4 Å². The van der Waals surface area contributed by atoms with Crippen LogP contribution in [0, 0.1) is 0 Å². The van der Waals surface area contributed by atoms with Gasteiger partial charge in [0.25, 0.3) is 0 Å². The van der Waals surface area contributed by atoms with Crippen LogP contribution in [0.3, 0.4) is 0 Å². The molecule has 0 aromatic heterocycles. The highest BCUT2D eigenvalue weighted by Crippen LogP contribution is 2.26. The van der Waals surface area contributed by atoms with Crippen LogP contribution < -0.4 is 10.6 Å². The Morgan fingerprint density at radius 2 is 1.02 bits per heavy atom. The number of thiocarbonyl (C=S) groups is 2. The number of halogens is 4. The smallest absolute Gasteiger partial charge is 0.173 e. The zero-order valence-corrected chi connectivity index (χ0v) is 27.6. The molecule has 2 N–H and O–H groups in total. The number of nitrogens with one attached hydrogen (secondary N) is 2. The first-order valence-corrected chi connectivity index (χ1v) is 15.7. The van der Waals surface area contributed by atoms with Crippen molar-refractivity contribution in [2.24, 2.45) is 0 Å². The molecule has 0 heterocycles. The summed E-state index contributed by atoms with van der Waals surface area (Å²) < 4.78 is 11.7. The second-order valence-electron chi connectivity index (χ2n) is 9.02. The summed E-state index contributed by atoms with van der Waals surface area (Å²) in [5.74, 6) is 0. The molecule has 0 saturated carbocycles. The fourth-order valence-corrected chi connectivity index (χ4v) is 4.75. The molecule has 0 fully saturated rings. The molecule has 40 heavy (non-hydrogen) atoms. The van der Waals surface area contributed by atoms with E-state index in [9.17, 15) is 0 Å². The molecule has 6 nitrogen and oxygen atoms in total. The van der Waals surface area contributed by atoms with E-state index in [1.807, 2.05) is 12.1 Å². The number of nitrogens with zero attached hydrogens (tertiary/aromatic N) is 2. The van der Waals surface area contributed by atoms with Gasteiger partial charge in [0.05, 0.1) is 46.5 Å². The van der Waals surface area contributed by atoms with Crippen LogP contribution in [-0.4, -0.2) is 72.6 Å². The van der Waals surface area contributed by atoms with E-state index in [4.69, 9.17) is 80.3 Å². The maximum absolute atomic E-state index is 6.13. The standard InChI is InChI=1S/C28H38Cl4N4O2S2/c1-3-5-11-35(27(39)33-21-7-9-23(29)25(31)19-21)13-15-37-17-18-38-16-14-36(12-6-4-2)28(40)34-22-8-10-24(30)26(32)20-22/h7-10,19-20H,3-6,11-18H2,1-2H3,(H,33,39)(H,34,40). The van der Waals surface area contributed by atoms with E-state index in [1.165, 1.54) is 0 Å². The Morgan fingerprint density at radius 3 is 1.38 bits per heavy atom. The second kappa shape index (κ2) is 19.9. The van der Waals surface area contributed by atoms with Crippen molar-refractivity contribution in [2.75, 3.05) is 63.2 Å². The summed E-state index contributed by atoms with van der Waals surface area (Å²) in [7, 11) is 0. The molecule has 12 heteroatoms. The van der Waals surface area contributed by atoms with E-state index < -0.39 is 0 Å². The van der Waals surface area contributed by atoms with Crippen LogP contribution in [-0.2, 0) is 9.47 Å². The molecule has 0 amide bonds. The molecule has 0 bridgehead atoms. The first kappa shape index (κ1) is 35.1. The van der Waals surface area contributed by atoms with E-state index in [0.717, 1.165) is 50.1 Å². The maximum Gasteiger partial charge on any atom is 0.173 e. The third-order valence-corrected chi connectivity index (χ3v) is 8.06. The maximum atomic E-state index is 6.13. The lowest BCUT2D eigenvalue weighted by molar-refractivity contribution is 0.0403. The van der Waals surface area contributed by atoms with E-state index >= 15 is 0 Å². The number of benzene rings is 2. The third kappa shape index (κ3) is 13.3. The number of unbranched alkanes of at least 4 members (excludes halogenated alkanes) is 2. The minimum absolute atomic E-state index is 0.482. The zero-order valence-electron chi connectivity index (χ0n) is 23.0. The molecular weight excluding hydrogens is 630 g/mol. The summed E-state index contributed by atoms with van der Waals surface area (Å²) in [6.07, 6.45) is 4.20. The molecule has 0 spiro atoms. The summed E-state index contributed by atoms with van der Waals surface area (Å²) in [5.41, 5.74) is 1.60. The van der Waals surface area contributed by atoms with Crippen molar-refractivity contribution in [1.82, 2.24) is 9.80 Å². The SMILES string of the molecule is CCCCN(CCOCCOCCN(CCCC)C(=S)Nc1ccc(Cl)c(Cl)c1)C(=S)Nc1ccc(Cl)c(Cl)c1. The average Bonchev–Trinajstić information content (AvgIpc) is 2.93. The summed E-state index contributed by atoms with van der Waals surface area (Å²) >= 11 is 35.6. The number of rotatable bonds is 17. The number of hydrogen-bond acceptors (Lipinski definition) is 4. The Balaban J connectivity index is 1.71. The fraction of sp³-hybridized carbons (Fsp3) is 0.500. The first-order chi connectivity index (χ1) is 19.2. The van der Waals surface area contributed by atoms with Crippen LogP contribution >= 0.6 is 70.8 Å². The van der Waals surface area contributed by atoms with Gasteiger partial charge in [0.15, 0.2) is 10.2 Å².